The van der Waals surface area contributed by atoms with Crippen molar-refractivity contribution < 1.29 is 19.2 Å². The van der Waals surface area contributed by atoms with Crippen molar-refractivity contribution in [2.24, 2.45) is 0 Å². The molecular formula is C24H26Cl2N4O4. The Labute approximate surface area is 208 Å². The van der Waals surface area contributed by atoms with Crippen LogP contribution in [-0.4, -0.2) is 97.6 Å². The molecule has 2 aliphatic rings. The smallest absolute Gasteiger partial charge is 0.262 e. The fourth-order valence-electron chi connectivity index (χ4n) is 4.57. The molecule has 2 aromatic carbocycles. The predicted molar refractivity (Wildman–Crippen MR) is 131 cm³/mol. The summed E-state index contributed by atoms with van der Waals surface area (Å²) in [5.74, 6) is -2.08. The molecule has 2 heterocycles. The van der Waals surface area contributed by atoms with E-state index < -0.39 is 23.6 Å². The summed E-state index contributed by atoms with van der Waals surface area (Å²) in [6.07, 6.45) is 1.17. The van der Waals surface area contributed by atoms with Gasteiger partial charge in [-0.1, -0.05) is 23.2 Å². The van der Waals surface area contributed by atoms with Gasteiger partial charge in [-0.2, -0.15) is 0 Å². The van der Waals surface area contributed by atoms with E-state index in [4.69, 9.17) is 23.2 Å². The van der Waals surface area contributed by atoms with E-state index in [2.05, 4.69) is 0 Å². The van der Waals surface area contributed by atoms with Crippen molar-refractivity contribution in [2.45, 2.75) is 12.8 Å². The summed E-state index contributed by atoms with van der Waals surface area (Å²) in [6, 6.07) is 2.84. The molecule has 4 amide bonds. The summed E-state index contributed by atoms with van der Waals surface area (Å²) in [5, 5.41) is 0.608. The molecule has 4 rings (SSSR count). The minimum Gasteiger partial charge on any atom is -0.309 e. The van der Waals surface area contributed by atoms with Gasteiger partial charge >= 0.3 is 0 Å². The third-order valence-electron chi connectivity index (χ3n) is 6.15. The lowest BCUT2D eigenvalue weighted by molar-refractivity contribution is 0.0584. The molecule has 0 atom stereocenters. The van der Waals surface area contributed by atoms with Crippen LogP contribution < -0.4 is 0 Å². The van der Waals surface area contributed by atoms with Crippen LogP contribution in [0, 0.1) is 0 Å². The average molecular weight is 505 g/mol. The molecule has 0 spiro atoms. The standard InChI is InChI=1S/C24H26Cl2N4O4/c1-27(2)7-5-9-29-21(31)13-11-16(26)20-18-14(12-15(25)19(17(13)18)23(29)33)22(32)30(24(20)34)10-6-8-28(3)4/h11-12H,5-10H2,1-4H3. The van der Waals surface area contributed by atoms with Gasteiger partial charge in [0.15, 0.2) is 0 Å². The summed E-state index contributed by atoms with van der Waals surface area (Å²) in [6.45, 7) is 1.81. The van der Waals surface area contributed by atoms with Crippen LogP contribution in [0.15, 0.2) is 12.1 Å². The Hall–Kier alpha value is -2.52. The molecule has 0 N–H and O–H groups in total. The average Bonchev–Trinajstić information content (AvgIpc) is 2.75. The molecule has 0 aromatic heterocycles. The Bertz CT molecular complexity index is 1150. The van der Waals surface area contributed by atoms with Crippen LogP contribution in [0.5, 0.6) is 0 Å². The van der Waals surface area contributed by atoms with Crippen molar-refractivity contribution in [1.82, 2.24) is 19.6 Å². The first-order valence-electron chi connectivity index (χ1n) is 11.0. The number of carbonyl (C=O) groups is 4. The number of amides is 4. The SMILES string of the molecule is CN(C)CCCN1C(=O)c2cc(Cl)c3c4c(cc(Cl)c(c24)C1=O)C(=O)N(CCCN(C)C)C3=O. The third kappa shape index (κ3) is 3.98. The molecule has 8 nitrogen and oxygen atoms in total. The Morgan fingerprint density at radius 1 is 0.647 bits per heavy atom. The number of imide groups is 2. The van der Waals surface area contributed by atoms with Crippen LogP contribution in [0.3, 0.4) is 0 Å². The fraction of sp³-hybridized carbons (Fsp3) is 0.417. The maximum atomic E-state index is 13.3. The molecule has 2 aromatic rings. The molecule has 2 aliphatic heterocycles. The van der Waals surface area contributed by atoms with Crippen LogP contribution in [0.4, 0.5) is 0 Å². The van der Waals surface area contributed by atoms with Crippen LogP contribution >= 0.6 is 23.2 Å². The van der Waals surface area contributed by atoms with Gasteiger partial charge in [0.25, 0.3) is 23.6 Å². The van der Waals surface area contributed by atoms with Gasteiger partial charge in [0.1, 0.15) is 0 Å². The monoisotopic (exact) mass is 504 g/mol. The van der Waals surface area contributed by atoms with Crippen molar-refractivity contribution >= 4 is 57.6 Å². The molecule has 0 saturated carbocycles. The van der Waals surface area contributed by atoms with Crippen LogP contribution in [0.2, 0.25) is 10.0 Å². The first-order valence-corrected chi connectivity index (χ1v) is 11.8. The Morgan fingerprint density at radius 2 is 1.00 bits per heavy atom. The first-order chi connectivity index (χ1) is 16.0. The minimum atomic E-state index is -0.533. The van der Waals surface area contributed by atoms with Gasteiger partial charge in [0.05, 0.1) is 32.3 Å². The van der Waals surface area contributed by atoms with Gasteiger partial charge in [-0.3, -0.25) is 29.0 Å². The minimum absolute atomic E-state index is 0.0723. The number of carbonyl (C=O) groups excluding carboxylic acids is 4. The van der Waals surface area contributed by atoms with Crippen molar-refractivity contribution in [3.05, 3.63) is 44.4 Å². The van der Waals surface area contributed by atoms with E-state index in [1.54, 1.807) is 0 Å². The lowest BCUT2D eigenvalue weighted by Gasteiger charge is -2.33. The summed E-state index contributed by atoms with van der Waals surface area (Å²) >= 11 is 13.1. The molecule has 0 radical (unpaired) electrons. The lowest BCUT2D eigenvalue weighted by atomic mass is 9.85. The zero-order valence-corrected chi connectivity index (χ0v) is 21.1. The Kier molecular flexibility index (Phi) is 6.70. The highest BCUT2D eigenvalue weighted by atomic mass is 35.5. The zero-order chi connectivity index (χ0) is 24.9. The number of halogens is 2. The van der Waals surface area contributed by atoms with Gasteiger partial charge in [-0.15, -0.1) is 0 Å². The number of rotatable bonds is 8. The second kappa shape index (κ2) is 9.26. The largest absolute Gasteiger partial charge is 0.309 e. The van der Waals surface area contributed by atoms with E-state index >= 15 is 0 Å². The molecule has 0 saturated heterocycles. The van der Waals surface area contributed by atoms with Crippen molar-refractivity contribution in [2.75, 3.05) is 54.4 Å². The molecule has 10 heteroatoms. The Morgan fingerprint density at radius 3 is 1.32 bits per heavy atom. The normalized spacial score (nSPS) is 15.5. The molecular weight excluding hydrogens is 479 g/mol. The van der Waals surface area contributed by atoms with Crippen molar-refractivity contribution in [3.8, 4) is 0 Å². The quantitative estimate of drug-likeness (QED) is 0.513. The molecule has 0 bridgehead atoms. The van der Waals surface area contributed by atoms with Crippen molar-refractivity contribution in [1.29, 1.82) is 0 Å². The van der Waals surface area contributed by atoms with E-state index in [0.717, 1.165) is 9.80 Å². The van der Waals surface area contributed by atoms with Gasteiger partial charge < -0.3 is 9.80 Å². The fourth-order valence-corrected chi connectivity index (χ4v) is 5.14. The summed E-state index contributed by atoms with van der Waals surface area (Å²) in [4.78, 5) is 59.6. The topological polar surface area (TPSA) is 81.2 Å². The summed E-state index contributed by atoms with van der Waals surface area (Å²) < 4.78 is 0. The van der Waals surface area contributed by atoms with Gasteiger partial charge in [-0.25, -0.2) is 0 Å². The second-order valence-corrected chi connectivity index (χ2v) is 9.96. The summed E-state index contributed by atoms with van der Waals surface area (Å²) in [7, 11) is 7.63. The lowest BCUT2D eigenvalue weighted by Crippen LogP contribution is -2.44. The third-order valence-corrected chi connectivity index (χ3v) is 6.75. The van der Waals surface area contributed by atoms with E-state index in [1.807, 2.05) is 38.0 Å². The van der Waals surface area contributed by atoms with Gasteiger partial charge in [0, 0.05) is 23.9 Å². The number of nitrogens with zero attached hydrogens (tertiary/aromatic N) is 4. The van der Waals surface area contributed by atoms with Gasteiger partial charge in [-0.05, 0) is 66.3 Å². The molecule has 0 aliphatic carbocycles. The van der Waals surface area contributed by atoms with E-state index in [9.17, 15) is 19.2 Å². The maximum Gasteiger partial charge on any atom is 0.262 e. The zero-order valence-electron chi connectivity index (χ0n) is 19.6. The number of hydrogen-bond acceptors (Lipinski definition) is 6. The molecule has 34 heavy (non-hydrogen) atoms. The highest BCUT2D eigenvalue weighted by Gasteiger charge is 2.42. The Balaban J connectivity index is 1.84. The molecule has 0 fully saturated rings. The first kappa shape index (κ1) is 24.6. The number of benzene rings is 2. The molecule has 0 unspecified atom stereocenters. The van der Waals surface area contributed by atoms with Gasteiger partial charge in [0.2, 0.25) is 0 Å². The molecule has 180 valence electrons. The maximum absolute atomic E-state index is 13.3. The van der Waals surface area contributed by atoms with E-state index in [1.165, 1.54) is 12.1 Å². The predicted octanol–water partition coefficient (Wildman–Crippen LogP) is 3.24. The van der Waals surface area contributed by atoms with Crippen LogP contribution in [0.1, 0.15) is 54.3 Å². The van der Waals surface area contributed by atoms with Crippen molar-refractivity contribution in [3.63, 3.8) is 0 Å². The highest BCUT2D eigenvalue weighted by Crippen LogP contribution is 2.43. The van der Waals surface area contributed by atoms with E-state index in [-0.39, 0.29) is 56.2 Å². The summed E-state index contributed by atoms with van der Waals surface area (Å²) in [5.41, 5.74) is 0.598. The van der Waals surface area contributed by atoms with Crippen LogP contribution in [-0.2, 0) is 0 Å². The van der Waals surface area contributed by atoms with E-state index in [0.29, 0.717) is 25.9 Å². The second-order valence-electron chi connectivity index (χ2n) is 9.15. The van der Waals surface area contributed by atoms with Crippen LogP contribution in [0.25, 0.3) is 10.8 Å². The number of hydrogen-bond donors (Lipinski definition) is 0. The highest BCUT2D eigenvalue weighted by molar-refractivity contribution is 6.44.